The van der Waals surface area contributed by atoms with E-state index in [1.165, 1.54) is 23.2 Å². The number of hydrogen-bond acceptors (Lipinski definition) is 9. The number of nitriles is 1. The summed E-state index contributed by atoms with van der Waals surface area (Å²) in [5, 5.41) is 20.7. The lowest BCUT2D eigenvalue weighted by Gasteiger charge is -2.43. The van der Waals surface area contributed by atoms with Crippen LogP contribution in [0, 0.1) is 23.0 Å². The number of halogens is 5. The van der Waals surface area contributed by atoms with Gasteiger partial charge in [0.15, 0.2) is 12.0 Å². The van der Waals surface area contributed by atoms with Gasteiger partial charge in [-0.2, -0.15) is 15.2 Å². The SMILES string of the molecule is C=C(F)C(O)N1CCN(c2nc(OC[C@H]3[C@H](F)CCN3C)nc3c(F)c(-c4cccc5ccc(F)c(Cl)c45)ncc23)C[C@@H]1CC#N. The Bertz CT molecular complexity index is 1850. The van der Waals surface area contributed by atoms with E-state index in [0.717, 1.165) is 0 Å². The molecule has 240 valence electrons. The van der Waals surface area contributed by atoms with Gasteiger partial charge in [0.25, 0.3) is 0 Å². The molecule has 2 aromatic carbocycles. The van der Waals surface area contributed by atoms with Gasteiger partial charge >= 0.3 is 6.01 Å². The number of aliphatic hydroxyl groups excluding tert-OH is 1. The Morgan fingerprint density at radius 1 is 1.22 bits per heavy atom. The molecule has 9 nitrogen and oxygen atoms in total. The molecule has 2 aromatic heterocycles. The molecule has 4 heterocycles. The Morgan fingerprint density at radius 3 is 2.74 bits per heavy atom. The van der Waals surface area contributed by atoms with Crippen LogP contribution in [0.2, 0.25) is 5.02 Å². The van der Waals surface area contributed by atoms with Crippen LogP contribution in [0.1, 0.15) is 12.8 Å². The fourth-order valence-corrected chi connectivity index (χ4v) is 6.50. The number of likely N-dealkylation sites (N-methyl/N-ethyl adjacent to an activating group) is 1. The minimum atomic E-state index is -1.60. The number of nitrogens with zero attached hydrogens (tertiary/aromatic N) is 7. The van der Waals surface area contributed by atoms with Crippen molar-refractivity contribution < 1.29 is 27.4 Å². The fraction of sp³-hybridized carbons (Fsp3) is 0.375. The summed E-state index contributed by atoms with van der Waals surface area (Å²) < 4.78 is 65.4. The van der Waals surface area contributed by atoms with Gasteiger partial charge in [-0.15, -0.1) is 0 Å². The molecule has 0 saturated carbocycles. The molecule has 0 aliphatic carbocycles. The number of anilines is 1. The number of pyridine rings is 1. The first-order valence-corrected chi connectivity index (χ1v) is 15.1. The Labute approximate surface area is 267 Å². The minimum Gasteiger partial charge on any atom is -0.462 e. The highest BCUT2D eigenvalue weighted by Gasteiger charge is 2.35. The molecule has 2 fully saturated rings. The van der Waals surface area contributed by atoms with E-state index < -0.39 is 41.9 Å². The Balaban J connectivity index is 1.46. The topological polar surface area (TPSA) is 102 Å². The van der Waals surface area contributed by atoms with Gasteiger partial charge in [-0.1, -0.05) is 42.4 Å². The van der Waals surface area contributed by atoms with E-state index in [9.17, 15) is 23.5 Å². The van der Waals surface area contributed by atoms with Crippen molar-refractivity contribution in [1.82, 2.24) is 24.8 Å². The highest BCUT2D eigenvalue weighted by atomic mass is 35.5. The van der Waals surface area contributed by atoms with E-state index in [4.69, 9.17) is 16.3 Å². The molecular formula is C32H30ClF4N7O2. The predicted octanol–water partition coefficient (Wildman–Crippen LogP) is 5.40. The van der Waals surface area contributed by atoms with Crippen molar-refractivity contribution in [3.05, 3.63) is 65.6 Å². The lowest BCUT2D eigenvalue weighted by molar-refractivity contribution is -0.0167. The third-order valence-corrected chi connectivity index (χ3v) is 9.08. The van der Waals surface area contributed by atoms with Crippen LogP contribution in [0.15, 0.2) is 48.9 Å². The molecule has 1 N–H and O–H groups in total. The quantitative estimate of drug-likeness (QED) is 0.250. The number of alkyl halides is 1. The number of likely N-dealkylation sites (tertiary alicyclic amines) is 1. The molecule has 4 aromatic rings. The fourth-order valence-electron chi connectivity index (χ4n) is 6.23. The molecular weight excluding hydrogens is 626 g/mol. The zero-order valence-corrected chi connectivity index (χ0v) is 25.6. The number of benzene rings is 2. The zero-order chi connectivity index (χ0) is 32.7. The van der Waals surface area contributed by atoms with Gasteiger partial charge < -0.3 is 14.7 Å². The second-order valence-corrected chi connectivity index (χ2v) is 11.8. The summed E-state index contributed by atoms with van der Waals surface area (Å²) in [5.41, 5.74) is -0.0279. The van der Waals surface area contributed by atoms with Gasteiger partial charge in [0.2, 0.25) is 0 Å². The summed E-state index contributed by atoms with van der Waals surface area (Å²) in [6, 6.07) is 8.43. The number of fused-ring (bicyclic) bond motifs is 2. The van der Waals surface area contributed by atoms with Crippen molar-refractivity contribution in [3.63, 3.8) is 0 Å². The molecule has 46 heavy (non-hydrogen) atoms. The maximum absolute atomic E-state index is 16.6. The Kier molecular flexibility index (Phi) is 8.98. The van der Waals surface area contributed by atoms with Crippen LogP contribution in [0.3, 0.4) is 0 Å². The molecule has 0 spiro atoms. The number of ether oxygens (including phenoxy) is 1. The summed E-state index contributed by atoms with van der Waals surface area (Å²) in [7, 11) is 1.78. The molecule has 0 bridgehead atoms. The van der Waals surface area contributed by atoms with Crippen LogP contribution in [0.5, 0.6) is 6.01 Å². The average Bonchev–Trinajstić information content (AvgIpc) is 3.37. The van der Waals surface area contributed by atoms with Crippen molar-refractivity contribution in [1.29, 1.82) is 5.26 Å². The van der Waals surface area contributed by atoms with Gasteiger partial charge in [0.05, 0.1) is 28.9 Å². The van der Waals surface area contributed by atoms with Crippen molar-refractivity contribution in [3.8, 4) is 23.3 Å². The average molecular weight is 656 g/mol. The molecule has 4 atom stereocenters. The highest BCUT2D eigenvalue weighted by Crippen LogP contribution is 2.38. The van der Waals surface area contributed by atoms with Gasteiger partial charge in [-0.25, -0.2) is 17.6 Å². The second kappa shape index (κ2) is 13.0. The summed E-state index contributed by atoms with van der Waals surface area (Å²) in [5.74, 6) is -2.22. The van der Waals surface area contributed by atoms with E-state index >= 15 is 4.39 Å². The van der Waals surface area contributed by atoms with E-state index in [2.05, 4.69) is 27.6 Å². The van der Waals surface area contributed by atoms with Crippen LogP contribution < -0.4 is 9.64 Å². The first kappa shape index (κ1) is 31.9. The second-order valence-electron chi connectivity index (χ2n) is 11.5. The van der Waals surface area contributed by atoms with Crippen molar-refractivity contribution in [2.24, 2.45) is 0 Å². The van der Waals surface area contributed by atoms with Crippen molar-refractivity contribution >= 4 is 39.1 Å². The van der Waals surface area contributed by atoms with Crippen molar-refractivity contribution in [2.75, 3.05) is 44.7 Å². The minimum absolute atomic E-state index is 0.0473. The third-order valence-electron chi connectivity index (χ3n) is 8.71. The van der Waals surface area contributed by atoms with Crippen LogP contribution >= 0.6 is 11.6 Å². The lowest BCUT2D eigenvalue weighted by atomic mass is 10.0. The van der Waals surface area contributed by atoms with Gasteiger partial charge in [0, 0.05) is 49.4 Å². The smallest absolute Gasteiger partial charge is 0.319 e. The van der Waals surface area contributed by atoms with E-state index in [0.29, 0.717) is 18.4 Å². The molecule has 1 unspecified atom stereocenters. The van der Waals surface area contributed by atoms with Gasteiger partial charge in [0.1, 0.15) is 41.5 Å². The summed E-state index contributed by atoms with van der Waals surface area (Å²) in [4.78, 5) is 18.4. The number of aromatic nitrogens is 3. The lowest BCUT2D eigenvalue weighted by Crippen LogP contribution is -2.57. The first-order chi connectivity index (χ1) is 22.1. The molecule has 14 heteroatoms. The predicted molar refractivity (Wildman–Crippen MR) is 166 cm³/mol. The van der Waals surface area contributed by atoms with Crippen LogP contribution in [-0.2, 0) is 0 Å². The molecule has 0 radical (unpaired) electrons. The number of piperazine rings is 1. The van der Waals surface area contributed by atoms with E-state index in [1.54, 1.807) is 30.1 Å². The third kappa shape index (κ3) is 5.82. The largest absolute Gasteiger partial charge is 0.462 e. The Hall–Kier alpha value is -4.09. The zero-order valence-electron chi connectivity index (χ0n) is 24.8. The number of aliphatic hydroxyl groups is 1. The maximum atomic E-state index is 16.6. The molecule has 2 saturated heterocycles. The first-order valence-electron chi connectivity index (χ1n) is 14.7. The van der Waals surface area contributed by atoms with Gasteiger partial charge in [-0.3, -0.25) is 14.8 Å². The highest BCUT2D eigenvalue weighted by molar-refractivity contribution is 6.36. The molecule has 6 rings (SSSR count). The summed E-state index contributed by atoms with van der Waals surface area (Å²) >= 11 is 6.34. The molecule has 0 amide bonds. The normalized spacial score (nSPS) is 21.5. The number of rotatable bonds is 8. The van der Waals surface area contributed by atoms with Crippen LogP contribution in [-0.4, -0.2) is 94.2 Å². The number of hydrogen-bond donors (Lipinski definition) is 1. The van der Waals surface area contributed by atoms with Crippen LogP contribution in [0.4, 0.5) is 23.4 Å². The van der Waals surface area contributed by atoms with Crippen LogP contribution in [0.25, 0.3) is 32.9 Å². The summed E-state index contributed by atoms with van der Waals surface area (Å²) in [6.07, 6.45) is -1.02. The maximum Gasteiger partial charge on any atom is 0.319 e. The molecule has 2 aliphatic heterocycles. The Morgan fingerprint density at radius 2 is 2.02 bits per heavy atom. The summed E-state index contributed by atoms with van der Waals surface area (Å²) in [6.45, 7) is 4.10. The van der Waals surface area contributed by atoms with Gasteiger partial charge in [-0.05, 0) is 24.9 Å². The van der Waals surface area contributed by atoms with Crippen molar-refractivity contribution in [2.45, 2.75) is 37.3 Å². The molecule has 2 aliphatic rings. The van der Waals surface area contributed by atoms with E-state index in [-0.39, 0.29) is 77.1 Å². The standard InChI is InChI=1S/C32H30ClF4N7O2/c1-17(34)31(45)44-13-12-43(15-19(44)8-10-38)30-21-14-39-28(20-5-3-4-18-6-7-23(36)26(33)25(18)20)27(37)29(21)40-32(41-30)46-16-24-22(35)9-11-42(24)2/h3-7,14,19,22,24,31,45H,1,8-9,11-13,15-16H2,2H3/t19-,22+,24-,31?/m0/s1. The van der Waals surface area contributed by atoms with E-state index in [1.807, 2.05) is 4.90 Å². The monoisotopic (exact) mass is 655 g/mol.